The molecule has 2 aromatic heterocycles. The minimum Gasteiger partial charge on any atom is -0.456 e. The van der Waals surface area contributed by atoms with E-state index >= 15 is 0 Å². The average Bonchev–Trinajstić information content (AvgIpc) is 4.02. The summed E-state index contributed by atoms with van der Waals surface area (Å²) in [5.74, 6) is 0.247. The molecule has 0 radical (unpaired) electrons. The number of rotatable bonds is 6. The Morgan fingerprint density at radius 1 is 0.641 bits per heavy atom. The summed E-state index contributed by atoms with van der Waals surface area (Å²) in [6, 6.07) is 67.9. The second-order valence-electron chi connectivity index (χ2n) is 17.0. The number of hydrogen-bond acceptors (Lipinski definition) is 5. The first-order valence-electron chi connectivity index (χ1n) is 21.8. The quantitative estimate of drug-likeness (QED) is 0.180. The highest BCUT2D eigenvalue weighted by molar-refractivity contribution is 8.03. The predicted molar refractivity (Wildman–Crippen MR) is 271 cm³/mol. The van der Waals surface area contributed by atoms with E-state index in [1.165, 1.54) is 58.3 Å². The number of anilines is 4. The molecule has 0 amide bonds. The number of nitrogens with zero attached hydrogens (tertiary/aromatic N) is 1. The first-order valence-corrected chi connectivity index (χ1v) is 23.8. The van der Waals surface area contributed by atoms with Gasteiger partial charge < -0.3 is 14.6 Å². The molecule has 3 heterocycles. The van der Waals surface area contributed by atoms with Gasteiger partial charge in [-0.05, 0) is 106 Å². The lowest BCUT2D eigenvalue weighted by atomic mass is 9.63. The number of para-hydroxylation sites is 3. The van der Waals surface area contributed by atoms with Crippen LogP contribution in [0.3, 0.4) is 0 Å². The van der Waals surface area contributed by atoms with Crippen molar-refractivity contribution < 1.29 is 4.42 Å². The number of benzene rings is 8. The predicted octanol–water partition coefficient (Wildman–Crippen LogP) is 17.3. The first-order chi connectivity index (χ1) is 31.5. The largest absolute Gasteiger partial charge is 0.456 e. The van der Waals surface area contributed by atoms with Gasteiger partial charge in [-0.15, -0.1) is 11.3 Å². The normalized spacial score (nSPS) is 17.3. The zero-order valence-electron chi connectivity index (χ0n) is 34.8. The van der Waals surface area contributed by atoms with Crippen LogP contribution in [-0.2, 0) is 5.41 Å². The van der Waals surface area contributed by atoms with Crippen LogP contribution < -0.4 is 10.2 Å². The van der Waals surface area contributed by atoms with E-state index < -0.39 is 5.41 Å². The molecule has 0 bridgehead atoms. The topological polar surface area (TPSA) is 28.4 Å². The maximum atomic E-state index is 7.31. The molecular weight excluding hydrogens is 840 g/mol. The number of fused-ring (bicyclic) bond motifs is 12. The van der Waals surface area contributed by atoms with Gasteiger partial charge in [0.25, 0.3) is 0 Å². The van der Waals surface area contributed by atoms with Crippen molar-refractivity contribution in [1.29, 1.82) is 0 Å². The Balaban J connectivity index is 1.12. The number of hydrogen-bond donors (Lipinski definition) is 1. The van der Waals surface area contributed by atoms with E-state index in [0.717, 1.165) is 67.3 Å². The van der Waals surface area contributed by atoms with Crippen LogP contribution >= 0.6 is 34.7 Å². The number of furan rings is 1. The highest BCUT2D eigenvalue weighted by Gasteiger charge is 2.53. The highest BCUT2D eigenvalue weighted by atomic mass is 35.5. The zero-order chi connectivity index (χ0) is 42.5. The summed E-state index contributed by atoms with van der Waals surface area (Å²) in [7, 11) is 0. The summed E-state index contributed by atoms with van der Waals surface area (Å²) in [5, 5.41) is 8.08. The van der Waals surface area contributed by atoms with Gasteiger partial charge in [-0.1, -0.05) is 152 Å². The van der Waals surface area contributed by atoms with Gasteiger partial charge in [0.05, 0.1) is 16.8 Å². The van der Waals surface area contributed by atoms with Crippen LogP contribution in [0.2, 0.25) is 5.02 Å². The lowest BCUT2D eigenvalue weighted by Crippen LogP contribution is -2.36. The summed E-state index contributed by atoms with van der Waals surface area (Å²) in [6.45, 7) is 2.36. The van der Waals surface area contributed by atoms with Gasteiger partial charge in [0.15, 0.2) is 0 Å². The standard InChI is InChI=1S/C58H39ClN2OS2/c1-35-30-46-55(33-48(35)60-37-17-4-2-5-18-37)64-57-45(58(46)43-23-11-9-22-40(43)56-44(58)24-14-26-47(56)59)25-15-27-49(57)61(38-19-6-3-7-20-38)50-34-52-41(39-21-10-12-28-51(39)62-52)32-42(50)54-31-36-16-8-13-29-53(36)63-54/h2-29,31-35,60H,30H2,1H3. The molecule has 1 aliphatic heterocycles. The smallest absolute Gasteiger partial charge is 0.137 e. The maximum Gasteiger partial charge on any atom is 0.137 e. The molecule has 3 aliphatic rings. The molecule has 2 atom stereocenters. The summed E-state index contributed by atoms with van der Waals surface area (Å²) in [6.07, 6.45) is 3.32. The molecule has 10 aromatic rings. The molecule has 6 heteroatoms. The Morgan fingerprint density at radius 3 is 2.25 bits per heavy atom. The first kappa shape index (κ1) is 37.8. The molecule has 306 valence electrons. The van der Waals surface area contributed by atoms with Crippen molar-refractivity contribution in [2.75, 3.05) is 10.2 Å². The van der Waals surface area contributed by atoms with Crippen molar-refractivity contribution in [3.63, 3.8) is 0 Å². The molecule has 0 saturated carbocycles. The fraction of sp³-hybridized carbons (Fsp3) is 0.0690. The summed E-state index contributed by atoms with van der Waals surface area (Å²) >= 11 is 11.0. The van der Waals surface area contributed by atoms with E-state index in [1.54, 1.807) is 0 Å². The lowest BCUT2D eigenvalue weighted by molar-refractivity contribution is 0.584. The Bertz CT molecular complexity index is 3550. The molecule has 64 heavy (non-hydrogen) atoms. The van der Waals surface area contributed by atoms with Gasteiger partial charge in [0.2, 0.25) is 0 Å². The molecule has 1 spiro atoms. The number of nitrogens with one attached hydrogen (secondary N) is 1. The number of thiophene rings is 1. The molecule has 2 aliphatic carbocycles. The fourth-order valence-corrected chi connectivity index (χ4v) is 13.4. The van der Waals surface area contributed by atoms with Gasteiger partial charge in [-0.25, -0.2) is 0 Å². The molecule has 2 unspecified atom stereocenters. The third-order valence-electron chi connectivity index (χ3n) is 13.5. The minimum absolute atomic E-state index is 0.247. The highest BCUT2D eigenvalue weighted by Crippen LogP contribution is 2.66. The van der Waals surface area contributed by atoms with E-state index in [-0.39, 0.29) is 5.92 Å². The third-order valence-corrected chi connectivity index (χ3v) is 16.1. The second kappa shape index (κ2) is 14.6. The SMILES string of the molecule is CC1CC2=C(C=C1Nc1ccccc1)Sc1c(N(c3ccccc3)c3cc4oc5ccccc5c4cc3-c3cc4ccccc4s3)cccc1C21c2ccccc2-c2c(Cl)cccc21. The number of allylic oxidation sites excluding steroid dienone is 3. The van der Waals surface area contributed by atoms with Crippen molar-refractivity contribution in [3.8, 4) is 21.6 Å². The summed E-state index contributed by atoms with van der Waals surface area (Å²) in [4.78, 5) is 6.17. The summed E-state index contributed by atoms with van der Waals surface area (Å²) in [5.41, 5.74) is 15.4. The molecule has 8 aromatic carbocycles. The number of thioether (sulfide) groups is 1. The Labute approximate surface area is 385 Å². The molecule has 13 rings (SSSR count). The zero-order valence-corrected chi connectivity index (χ0v) is 37.2. The van der Waals surface area contributed by atoms with Crippen LogP contribution in [0.15, 0.2) is 220 Å². The van der Waals surface area contributed by atoms with Crippen molar-refractivity contribution in [1.82, 2.24) is 0 Å². The van der Waals surface area contributed by atoms with Crippen LogP contribution in [0, 0.1) is 5.92 Å². The lowest BCUT2D eigenvalue weighted by Gasteiger charge is -2.45. The van der Waals surface area contributed by atoms with Crippen LogP contribution in [0.1, 0.15) is 30.0 Å². The van der Waals surface area contributed by atoms with Gasteiger partial charge >= 0.3 is 0 Å². The van der Waals surface area contributed by atoms with Crippen LogP contribution in [-0.4, -0.2) is 0 Å². The summed E-state index contributed by atoms with van der Waals surface area (Å²) < 4.78 is 7.98. The van der Waals surface area contributed by atoms with Crippen molar-refractivity contribution in [3.05, 3.63) is 232 Å². The van der Waals surface area contributed by atoms with E-state index in [9.17, 15) is 0 Å². The average molecular weight is 880 g/mol. The Kier molecular flexibility index (Phi) is 8.64. The van der Waals surface area contributed by atoms with E-state index in [4.69, 9.17) is 16.0 Å². The molecule has 1 N–H and O–H groups in total. The fourth-order valence-electron chi connectivity index (χ4n) is 10.7. The monoisotopic (exact) mass is 878 g/mol. The van der Waals surface area contributed by atoms with E-state index in [0.29, 0.717) is 0 Å². The number of halogens is 1. The van der Waals surface area contributed by atoms with Crippen molar-refractivity contribution in [2.45, 2.75) is 23.7 Å². The molecular formula is C58H39ClN2OS2. The van der Waals surface area contributed by atoms with E-state index in [2.05, 4.69) is 205 Å². The molecule has 0 saturated heterocycles. The van der Waals surface area contributed by atoms with Crippen LogP contribution in [0.4, 0.5) is 22.7 Å². The van der Waals surface area contributed by atoms with Crippen LogP contribution in [0.25, 0.3) is 53.6 Å². The van der Waals surface area contributed by atoms with Gasteiger partial charge in [0.1, 0.15) is 11.2 Å². The van der Waals surface area contributed by atoms with Crippen molar-refractivity contribution >= 4 is 89.5 Å². The van der Waals surface area contributed by atoms with E-state index in [1.807, 2.05) is 29.2 Å². The molecule has 3 nitrogen and oxygen atoms in total. The van der Waals surface area contributed by atoms with Gasteiger partial charge in [0, 0.05) is 75.4 Å². The Hall–Kier alpha value is -6.76. The third kappa shape index (κ3) is 5.61. The van der Waals surface area contributed by atoms with Crippen molar-refractivity contribution in [2.24, 2.45) is 5.92 Å². The Morgan fingerprint density at radius 2 is 1.38 bits per heavy atom. The second-order valence-corrected chi connectivity index (χ2v) is 19.6. The minimum atomic E-state index is -0.578. The maximum absolute atomic E-state index is 7.31. The van der Waals surface area contributed by atoms with Gasteiger partial charge in [-0.3, -0.25) is 0 Å². The molecule has 0 fully saturated rings. The van der Waals surface area contributed by atoms with Crippen LogP contribution in [0.5, 0.6) is 0 Å². The van der Waals surface area contributed by atoms with Gasteiger partial charge in [-0.2, -0.15) is 0 Å².